The molecule has 1 aliphatic heterocycles. The maximum atomic E-state index is 12.7. The maximum absolute atomic E-state index is 12.7. The van der Waals surface area contributed by atoms with E-state index in [9.17, 15) is 13.6 Å². The van der Waals surface area contributed by atoms with Gasteiger partial charge in [-0.1, -0.05) is 0 Å². The molecule has 0 aromatic heterocycles. The van der Waals surface area contributed by atoms with Gasteiger partial charge in [0.25, 0.3) is 0 Å². The Labute approximate surface area is 66.3 Å². The van der Waals surface area contributed by atoms with Crippen molar-refractivity contribution in [3.8, 4) is 0 Å². The largest absolute Gasteiger partial charge is 0.382 e. The second-order valence-corrected chi connectivity index (χ2v) is 2.37. The van der Waals surface area contributed by atoms with Crippen LogP contribution in [0, 0.1) is 0 Å². The molecule has 0 saturated carbocycles. The van der Waals surface area contributed by atoms with Gasteiger partial charge in [0.05, 0.1) is 6.42 Å². The van der Waals surface area contributed by atoms with Gasteiger partial charge >= 0.3 is 12.0 Å². The van der Waals surface area contributed by atoms with Crippen molar-refractivity contribution in [1.29, 1.82) is 0 Å². The number of aliphatic hydroxyl groups excluding tert-OH is 1. The number of urea groups is 1. The molecule has 1 atom stereocenters. The number of amidine groups is 1. The quantitative estimate of drug-likeness (QED) is 0.464. The fourth-order valence-electron chi connectivity index (χ4n) is 0.764. The Morgan fingerprint density at radius 2 is 2.33 bits per heavy atom. The minimum Gasteiger partial charge on any atom is -0.382 e. The molecule has 4 N–H and O–H groups in total. The first-order valence-electron chi connectivity index (χ1n) is 3.13. The van der Waals surface area contributed by atoms with Gasteiger partial charge in [-0.2, -0.15) is 13.8 Å². The van der Waals surface area contributed by atoms with Crippen molar-refractivity contribution in [2.45, 2.75) is 18.6 Å². The Morgan fingerprint density at radius 3 is 2.92 bits per heavy atom. The summed E-state index contributed by atoms with van der Waals surface area (Å²) in [4.78, 5) is 13.3. The van der Waals surface area contributed by atoms with Crippen molar-refractivity contribution in [3.63, 3.8) is 0 Å². The highest BCUT2D eigenvalue weighted by atomic mass is 19.3. The summed E-state index contributed by atoms with van der Waals surface area (Å²) in [6.45, 7) is 0. The molecule has 7 heteroatoms. The molecule has 0 bridgehead atoms. The highest BCUT2D eigenvalue weighted by Crippen LogP contribution is 2.21. The third-order valence-corrected chi connectivity index (χ3v) is 1.34. The van der Waals surface area contributed by atoms with Gasteiger partial charge in [-0.25, -0.2) is 4.79 Å². The highest BCUT2D eigenvalue weighted by Gasteiger charge is 2.39. The zero-order chi connectivity index (χ0) is 9.35. The molecule has 2 amide bonds. The third kappa shape index (κ3) is 1.67. The summed E-state index contributed by atoms with van der Waals surface area (Å²) in [5.41, 5.74) is 4.79. The standard InChI is InChI=1S/C5H7F2N3O2/c6-5(7)1-2(11)9-4(12)10-3(5)8/h2,11H,1H2,(H3,8,9,10,12). The SMILES string of the molecule is NC1=NC(=O)NC(O)CC1(F)F. The van der Waals surface area contributed by atoms with E-state index in [-0.39, 0.29) is 0 Å². The van der Waals surface area contributed by atoms with Gasteiger partial charge in [-0.05, 0) is 0 Å². The summed E-state index contributed by atoms with van der Waals surface area (Å²) < 4.78 is 25.3. The van der Waals surface area contributed by atoms with Crippen LogP contribution in [-0.2, 0) is 0 Å². The van der Waals surface area contributed by atoms with Crippen molar-refractivity contribution in [2.75, 3.05) is 0 Å². The molecular weight excluding hydrogens is 172 g/mol. The molecule has 0 saturated heterocycles. The molecule has 1 unspecified atom stereocenters. The Hall–Kier alpha value is -1.24. The predicted molar refractivity (Wildman–Crippen MR) is 35.7 cm³/mol. The van der Waals surface area contributed by atoms with Crippen molar-refractivity contribution >= 4 is 11.9 Å². The van der Waals surface area contributed by atoms with E-state index in [1.54, 1.807) is 5.32 Å². The number of halogens is 2. The van der Waals surface area contributed by atoms with E-state index in [1.165, 1.54) is 0 Å². The highest BCUT2D eigenvalue weighted by molar-refractivity contribution is 5.97. The van der Waals surface area contributed by atoms with Crippen LogP contribution in [0.2, 0.25) is 0 Å². The van der Waals surface area contributed by atoms with Gasteiger partial charge in [0.2, 0.25) is 0 Å². The van der Waals surface area contributed by atoms with Crippen molar-refractivity contribution < 1.29 is 18.7 Å². The van der Waals surface area contributed by atoms with Gasteiger partial charge in [0.1, 0.15) is 6.23 Å². The lowest BCUT2D eigenvalue weighted by molar-refractivity contribution is 0.00994. The molecule has 0 radical (unpaired) electrons. The summed E-state index contributed by atoms with van der Waals surface area (Å²) in [6, 6.07) is -1.06. The first kappa shape index (κ1) is 8.85. The van der Waals surface area contributed by atoms with E-state index in [0.29, 0.717) is 0 Å². The molecule has 0 fully saturated rings. The zero-order valence-corrected chi connectivity index (χ0v) is 5.92. The number of hydrogen-bond donors (Lipinski definition) is 3. The molecule has 0 spiro atoms. The molecule has 5 nitrogen and oxygen atoms in total. The lowest BCUT2D eigenvalue weighted by Gasteiger charge is -2.14. The zero-order valence-electron chi connectivity index (χ0n) is 5.92. The number of rotatable bonds is 0. The fourth-order valence-corrected chi connectivity index (χ4v) is 0.764. The number of nitrogens with two attached hydrogens (primary N) is 1. The van der Waals surface area contributed by atoms with E-state index in [0.717, 1.165) is 0 Å². The molecular formula is C5H7F2N3O2. The van der Waals surface area contributed by atoms with Gasteiger partial charge in [0, 0.05) is 0 Å². The van der Waals surface area contributed by atoms with Gasteiger partial charge in [0.15, 0.2) is 5.84 Å². The average molecular weight is 179 g/mol. The number of hydrogen-bond acceptors (Lipinski definition) is 3. The normalized spacial score (nSPS) is 28.8. The number of alkyl halides is 2. The minimum absolute atomic E-state index is 0.950. The number of amides is 2. The third-order valence-electron chi connectivity index (χ3n) is 1.34. The van der Waals surface area contributed by atoms with E-state index < -0.39 is 30.4 Å². The van der Waals surface area contributed by atoms with Crippen LogP contribution < -0.4 is 11.1 Å². The lowest BCUT2D eigenvalue weighted by Crippen LogP contribution is -2.39. The molecule has 1 heterocycles. The van der Waals surface area contributed by atoms with Crippen LogP contribution in [0.5, 0.6) is 0 Å². The maximum Gasteiger partial charge on any atom is 0.344 e. The van der Waals surface area contributed by atoms with Gasteiger partial charge in [-0.3, -0.25) is 0 Å². The van der Waals surface area contributed by atoms with Crippen LogP contribution >= 0.6 is 0 Å². The van der Waals surface area contributed by atoms with Crippen LogP contribution in [0.4, 0.5) is 13.6 Å². The fraction of sp³-hybridized carbons (Fsp3) is 0.600. The van der Waals surface area contributed by atoms with E-state index >= 15 is 0 Å². The Kier molecular flexibility index (Phi) is 1.97. The van der Waals surface area contributed by atoms with E-state index in [1.807, 2.05) is 0 Å². The Bertz CT molecular complexity index is 241. The monoisotopic (exact) mass is 179 g/mol. The van der Waals surface area contributed by atoms with Crippen LogP contribution in [0.1, 0.15) is 6.42 Å². The molecule has 1 aliphatic rings. The number of aliphatic imine (C=N–C) groups is 1. The van der Waals surface area contributed by atoms with E-state index in [2.05, 4.69) is 4.99 Å². The summed E-state index contributed by atoms with van der Waals surface area (Å²) >= 11 is 0. The number of aliphatic hydroxyl groups is 1. The number of nitrogens with zero attached hydrogens (tertiary/aromatic N) is 1. The summed E-state index contributed by atoms with van der Waals surface area (Å²) in [7, 11) is 0. The molecule has 0 aromatic carbocycles. The second kappa shape index (κ2) is 2.67. The van der Waals surface area contributed by atoms with Crippen molar-refractivity contribution in [2.24, 2.45) is 10.7 Å². The first-order valence-corrected chi connectivity index (χ1v) is 3.13. The molecule has 68 valence electrons. The number of carbonyl (C=O) groups is 1. The smallest absolute Gasteiger partial charge is 0.344 e. The molecule has 0 aliphatic carbocycles. The number of nitrogens with one attached hydrogen (secondary N) is 1. The van der Waals surface area contributed by atoms with Gasteiger partial charge in [-0.15, -0.1) is 0 Å². The predicted octanol–water partition coefficient (Wildman–Crippen LogP) is -0.589. The van der Waals surface area contributed by atoms with Crippen LogP contribution in [-0.4, -0.2) is 29.1 Å². The first-order chi connectivity index (χ1) is 5.42. The van der Waals surface area contributed by atoms with Crippen LogP contribution in [0.25, 0.3) is 0 Å². The Balaban J connectivity index is 2.92. The van der Waals surface area contributed by atoms with Crippen molar-refractivity contribution in [1.82, 2.24) is 5.32 Å². The lowest BCUT2D eigenvalue weighted by atomic mass is 10.2. The van der Waals surface area contributed by atoms with Crippen LogP contribution in [0.3, 0.4) is 0 Å². The topological polar surface area (TPSA) is 87.7 Å². The summed E-state index contributed by atoms with van der Waals surface area (Å²) in [5.74, 6) is -4.50. The van der Waals surface area contributed by atoms with Gasteiger partial charge < -0.3 is 16.2 Å². The second-order valence-electron chi connectivity index (χ2n) is 2.37. The van der Waals surface area contributed by atoms with Crippen LogP contribution in [0.15, 0.2) is 4.99 Å². The van der Waals surface area contributed by atoms with Crippen molar-refractivity contribution in [3.05, 3.63) is 0 Å². The minimum atomic E-state index is -3.43. The summed E-state index contributed by atoms with van der Waals surface area (Å²) in [6.07, 6.45) is -2.56. The molecule has 12 heavy (non-hydrogen) atoms. The average Bonchev–Trinajstić information content (AvgIpc) is 1.89. The van der Waals surface area contributed by atoms with E-state index in [4.69, 9.17) is 10.8 Å². The molecule has 1 rings (SSSR count). The number of carbonyl (C=O) groups excluding carboxylic acids is 1. The Morgan fingerprint density at radius 1 is 1.75 bits per heavy atom. The summed E-state index contributed by atoms with van der Waals surface area (Å²) in [5, 5.41) is 10.6. The molecule has 0 aromatic rings.